The molecule has 0 bridgehead atoms. The van der Waals surface area contributed by atoms with E-state index < -0.39 is 0 Å². The molecule has 4 nitrogen and oxygen atoms in total. The zero-order chi connectivity index (χ0) is 8.55. The van der Waals surface area contributed by atoms with Crippen molar-refractivity contribution in [2.75, 3.05) is 6.61 Å². The summed E-state index contributed by atoms with van der Waals surface area (Å²) in [7, 11) is 0. The summed E-state index contributed by atoms with van der Waals surface area (Å²) < 4.78 is 5.23. The maximum absolute atomic E-state index is 9.36. The second-order valence-electron chi connectivity index (χ2n) is 2.82. The summed E-state index contributed by atoms with van der Waals surface area (Å²) in [5, 5.41) is 9.36. The first-order valence-corrected chi connectivity index (χ1v) is 3.96. The molecular weight excluding hydrogens is 156 g/mol. The zero-order valence-electron chi connectivity index (χ0n) is 6.87. The predicted molar refractivity (Wildman–Crippen MR) is 42.2 cm³/mol. The molecular formula is C8H10N2O2. The van der Waals surface area contributed by atoms with Gasteiger partial charge in [0.15, 0.2) is 0 Å². The lowest BCUT2D eigenvalue weighted by Crippen LogP contribution is -2.11. The van der Waals surface area contributed by atoms with E-state index in [4.69, 9.17) is 4.74 Å². The van der Waals surface area contributed by atoms with Crippen LogP contribution in [0.5, 0.6) is 11.6 Å². The number of aryl methyl sites for hydroxylation is 2. The lowest BCUT2D eigenvalue weighted by Gasteiger charge is -2.16. The Kier molecular flexibility index (Phi) is 1.60. The summed E-state index contributed by atoms with van der Waals surface area (Å²) in [4.78, 5) is 7.98. The smallest absolute Gasteiger partial charge is 0.258 e. The van der Waals surface area contributed by atoms with Crippen LogP contribution < -0.4 is 4.74 Å². The molecule has 12 heavy (non-hydrogen) atoms. The molecule has 0 saturated carbocycles. The van der Waals surface area contributed by atoms with Crippen molar-refractivity contribution >= 4 is 0 Å². The van der Waals surface area contributed by atoms with Crippen molar-refractivity contribution in [1.29, 1.82) is 0 Å². The minimum atomic E-state index is -0.0304. The lowest BCUT2D eigenvalue weighted by molar-refractivity contribution is 0.264. The third kappa shape index (κ3) is 1.09. The summed E-state index contributed by atoms with van der Waals surface area (Å²) in [5.74, 6) is 1.03. The van der Waals surface area contributed by atoms with Gasteiger partial charge in [-0.3, -0.25) is 0 Å². The fourth-order valence-corrected chi connectivity index (χ4v) is 1.34. The van der Waals surface area contributed by atoms with Gasteiger partial charge in [0, 0.05) is 0 Å². The normalized spacial score (nSPS) is 15.1. The first-order chi connectivity index (χ1) is 5.77. The average molecular weight is 166 g/mol. The van der Waals surface area contributed by atoms with E-state index in [1.807, 2.05) is 0 Å². The van der Waals surface area contributed by atoms with Gasteiger partial charge in [0.05, 0.1) is 12.3 Å². The van der Waals surface area contributed by atoms with Crippen LogP contribution in [0.15, 0.2) is 0 Å². The molecule has 1 aromatic rings. The Morgan fingerprint density at radius 2 is 2.25 bits per heavy atom. The van der Waals surface area contributed by atoms with Gasteiger partial charge in [-0.05, 0) is 19.8 Å². The van der Waals surface area contributed by atoms with E-state index in [0.29, 0.717) is 18.2 Å². The Morgan fingerprint density at radius 3 is 3.08 bits per heavy atom. The average Bonchev–Trinajstić information content (AvgIpc) is 2.04. The van der Waals surface area contributed by atoms with Gasteiger partial charge in [-0.1, -0.05) is 0 Å². The van der Waals surface area contributed by atoms with Crippen LogP contribution in [0.1, 0.15) is 17.9 Å². The van der Waals surface area contributed by atoms with Crippen molar-refractivity contribution in [3.8, 4) is 11.6 Å². The van der Waals surface area contributed by atoms with Crippen molar-refractivity contribution in [2.24, 2.45) is 0 Å². The fourth-order valence-electron chi connectivity index (χ4n) is 1.34. The van der Waals surface area contributed by atoms with E-state index >= 15 is 0 Å². The Hall–Kier alpha value is -1.32. The summed E-state index contributed by atoms with van der Waals surface area (Å²) in [6, 6.07) is 0. The lowest BCUT2D eigenvalue weighted by atomic mass is 10.2. The molecule has 1 aliphatic rings. The number of aromatic nitrogens is 2. The fraction of sp³-hybridized carbons (Fsp3) is 0.500. The summed E-state index contributed by atoms with van der Waals surface area (Å²) in [6.45, 7) is 2.40. The quantitative estimate of drug-likeness (QED) is 0.619. The molecule has 0 fully saturated rings. The molecule has 1 aromatic heterocycles. The van der Waals surface area contributed by atoms with Crippen LogP contribution in [0.25, 0.3) is 0 Å². The van der Waals surface area contributed by atoms with Crippen LogP contribution in [0.3, 0.4) is 0 Å². The molecule has 2 rings (SSSR count). The van der Waals surface area contributed by atoms with Crippen LogP contribution in [0.2, 0.25) is 0 Å². The van der Waals surface area contributed by atoms with Crippen LogP contribution in [0, 0.1) is 6.92 Å². The van der Waals surface area contributed by atoms with Crippen LogP contribution >= 0.6 is 0 Å². The van der Waals surface area contributed by atoms with Gasteiger partial charge in [0.2, 0.25) is 5.75 Å². The van der Waals surface area contributed by atoms with Crippen LogP contribution in [0.4, 0.5) is 0 Å². The zero-order valence-corrected chi connectivity index (χ0v) is 6.87. The van der Waals surface area contributed by atoms with Gasteiger partial charge < -0.3 is 9.84 Å². The van der Waals surface area contributed by atoms with E-state index in [0.717, 1.165) is 18.5 Å². The minimum Gasteiger partial charge on any atom is -0.491 e. The van der Waals surface area contributed by atoms with Gasteiger partial charge in [-0.25, -0.2) is 4.98 Å². The molecule has 1 N–H and O–H groups in total. The van der Waals surface area contributed by atoms with E-state index in [2.05, 4.69) is 9.97 Å². The van der Waals surface area contributed by atoms with Gasteiger partial charge >= 0.3 is 0 Å². The van der Waals surface area contributed by atoms with Gasteiger partial charge in [-0.15, -0.1) is 0 Å². The van der Waals surface area contributed by atoms with Crippen molar-refractivity contribution < 1.29 is 9.84 Å². The molecule has 0 atom stereocenters. The molecule has 0 spiro atoms. The number of aromatic hydroxyl groups is 1. The number of hydrogen-bond acceptors (Lipinski definition) is 4. The number of hydrogen-bond donors (Lipinski definition) is 1. The van der Waals surface area contributed by atoms with E-state index in [9.17, 15) is 5.11 Å². The van der Waals surface area contributed by atoms with E-state index in [1.54, 1.807) is 6.92 Å². The van der Waals surface area contributed by atoms with Gasteiger partial charge in [0.25, 0.3) is 5.88 Å². The summed E-state index contributed by atoms with van der Waals surface area (Å²) in [5.41, 5.74) is 0.825. The number of nitrogens with zero attached hydrogens (tertiary/aromatic N) is 2. The minimum absolute atomic E-state index is 0.0304. The number of ether oxygens (including phenoxy) is 1. The largest absolute Gasteiger partial charge is 0.491 e. The van der Waals surface area contributed by atoms with Crippen LogP contribution in [-0.2, 0) is 6.42 Å². The maximum Gasteiger partial charge on any atom is 0.258 e. The molecule has 0 saturated heterocycles. The predicted octanol–water partition coefficient (Wildman–Crippen LogP) is 0.816. The van der Waals surface area contributed by atoms with Gasteiger partial charge in [0.1, 0.15) is 5.82 Å². The van der Waals surface area contributed by atoms with Crippen molar-refractivity contribution in [2.45, 2.75) is 19.8 Å². The Balaban J connectivity index is 2.53. The highest BCUT2D eigenvalue weighted by Crippen LogP contribution is 2.30. The van der Waals surface area contributed by atoms with E-state index in [-0.39, 0.29) is 5.88 Å². The Labute approximate surface area is 70.2 Å². The Bertz CT molecular complexity index is 312. The third-order valence-corrected chi connectivity index (χ3v) is 1.83. The standard InChI is InChI=1S/C8H10N2O2/c1-5-9-6-3-2-4-12-7(6)8(11)10-5/h2-4H2,1H3,(H,9,10,11). The molecule has 4 heteroatoms. The van der Waals surface area contributed by atoms with Crippen molar-refractivity contribution in [3.05, 3.63) is 11.5 Å². The number of fused-ring (bicyclic) bond motifs is 1. The molecule has 0 aromatic carbocycles. The van der Waals surface area contributed by atoms with Crippen molar-refractivity contribution in [1.82, 2.24) is 9.97 Å². The SMILES string of the molecule is Cc1nc(O)c2c(n1)CCCO2. The molecule has 0 unspecified atom stereocenters. The van der Waals surface area contributed by atoms with Crippen LogP contribution in [-0.4, -0.2) is 21.7 Å². The molecule has 0 aliphatic carbocycles. The second-order valence-corrected chi connectivity index (χ2v) is 2.82. The topological polar surface area (TPSA) is 55.2 Å². The highest BCUT2D eigenvalue weighted by Gasteiger charge is 2.17. The first-order valence-electron chi connectivity index (χ1n) is 3.96. The van der Waals surface area contributed by atoms with Crippen molar-refractivity contribution in [3.63, 3.8) is 0 Å². The van der Waals surface area contributed by atoms with Gasteiger partial charge in [-0.2, -0.15) is 4.98 Å². The first kappa shape index (κ1) is 7.34. The second kappa shape index (κ2) is 2.62. The third-order valence-electron chi connectivity index (χ3n) is 1.83. The number of rotatable bonds is 0. The Morgan fingerprint density at radius 1 is 1.42 bits per heavy atom. The van der Waals surface area contributed by atoms with E-state index in [1.165, 1.54) is 0 Å². The summed E-state index contributed by atoms with van der Waals surface area (Å²) >= 11 is 0. The highest BCUT2D eigenvalue weighted by atomic mass is 16.5. The molecule has 1 aliphatic heterocycles. The molecule has 0 amide bonds. The summed E-state index contributed by atoms with van der Waals surface area (Å²) in [6.07, 6.45) is 1.83. The molecule has 64 valence electrons. The molecule has 2 heterocycles. The maximum atomic E-state index is 9.36. The molecule has 0 radical (unpaired) electrons. The highest BCUT2D eigenvalue weighted by molar-refractivity contribution is 5.38. The monoisotopic (exact) mass is 166 g/mol.